The van der Waals surface area contributed by atoms with Crippen LogP contribution in [-0.2, 0) is 0 Å². The Labute approximate surface area is 129 Å². The Morgan fingerprint density at radius 3 is 2.90 bits per heavy atom. The molecule has 0 radical (unpaired) electrons. The quantitative estimate of drug-likeness (QED) is 0.765. The van der Waals surface area contributed by atoms with Gasteiger partial charge in [0.1, 0.15) is 0 Å². The first kappa shape index (κ1) is 13.3. The number of nitrogens with one attached hydrogen (secondary N) is 1. The van der Waals surface area contributed by atoms with Crippen molar-refractivity contribution in [1.82, 2.24) is 15.0 Å². The van der Waals surface area contributed by atoms with Gasteiger partial charge in [-0.2, -0.15) is 0 Å². The van der Waals surface area contributed by atoms with Crippen LogP contribution >= 0.6 is 27.3 Å². The highest BCUT2D eigenvalue weighted by Gasteiger charge is 2.11. The summed E-state index contributed by atoms with van der Waals surface area (Å²) in [5.74, 6) is 0. The second kappa shape index (κ2) is 5.76. The van der Waals surface area contributed by atoms with Crippen LogP contribution < -0.4 is 5.32 Å². The molecule has 3 aromatic rings. The molecular weight excluding hydrogens is 336 g/mol. The lowest BCUT2D eigenvalue weighted by Gasteiger charge is -2.16. The van der Waals surface area contributed by atoms with Crippen molar-refractivity contribution < 1.29 is 0 Å². The zero-order chi connectivity index (χ0) is 13.9. The fourth-order valence-corrected chi connectivity index (χ4v) is 3.45. The maximum absolute atomic E-state index is 4.05. The summed E-state index contributed by atoms with van der Waals surface area (Å²) in [5.41, 5.74) is 2.03. The second-order valence-electron chi connectivity index (χ2n) is 4.40. The molecular formula is C14H13BrN4S. The lowest BCUT2D eigenvalue weighted by Crippen LogP contribution is -2.08. The SMILES string of the molecule is CC(Nc1ccccc1-n1ccnn1)c1cc(Br)cs1. The highest BCUT2D eigenvalue weighted by atomic mass is 79.9. The fraction of sp³-hybridized carbons (Fsp3) is 0.143. The van der Waals surface area contributed by atoms with E-state index in [9.17, 15) is 0 Å². The molecule has 1 N–H and O–H groups in total. The van der Waals surface area contributed by atoms with E-state index in [1.165, 1.54) is 4.88 Å². The van der Waals surface area contributed by atoms with Crippen molar-refractivity contribution in [2.24, 2.45) is 0 Å². The van der Waals surface area contributed by atoms with Gasteiger partial charge >= 0.3 is 0 Å². The molecule has 2 aromatic heterocycles. The first-order valence-corrected chi connectivity index (χ1v) is 7.87. The number of nitrogens with zero attached hydrogens (tertiary/aromatic N) is 3. The molecule has 102 valence electrons. The Balaban J connectivity index is 1.88. The van der Waals surface area contributed by atoms with E-state index >= 15 is 0 Å². The first-order chi connectivity index (χ1) is 9.74. The number of thiophene rings is 1. The second-order valence-corrected chi connectivity index (χ2v) is 6.26. The summed E-state index contributed by atoms with van der Waals surface area (Å²) >= 11 is 5.23. The van der Waals surface area contributed by atoms with Crippen LogP contribution in [0, 0.1) is 0 Å². The average molecular weight is 349 g/mol. The van der Waals surface area contributed by atoms with Crippen LogP contribution in [0.1, 0.15) is 17.8 Å². The Bertz CT molecular complexity index is 693. The van der Waals surface area contributed by atoms with Gasteiger partial charge in [-0.1, -0.05) is 17.3 Å². The fourth-order valence-electron chi connectivity index (χ4n) is 1.99. The minimum atomic E-state index is 0.232. The largest absolute Gasteiger partial charge is 0.376 e. The summed E-state index contributed by atoms with van der Waals surface area (Å²) in [6, 6.07) is 10.5. The molecule has 3 rings (SSSR count). The van der Waals surface area contributed by atoms with Crippen LogP contribution in [0.3, 0.4) is 0 Å². The Morgan fingerprint density at radius 1 is 1.35 bits per heavy atom. The smallest absolute Gasteiger partial charge is 0.0894 e. The summed E-state index contributed by atoms with van der Waals surface area (Å²) in [7, 11) is 0. The molecule has 0 spiro atoms. The van der Waals surface area contributed by atoms with E-state index in [0.717, 1.165) is 15.8 Å². The molecule has 0 bridgehead atoms. The van der Waals surface area contributed by atoms with Gasteiger partial charge in [-0.15, -0.1) is 16.4 Å². The van der Waals surface area contributed by atoms with Crippen molar-refractivity contribution >= 4 is 33.0 Å². The molecule has 0 aliphatic rings. The number of halogens is 1. The number of aromatic nitrogens is 3. The topological polar surface area (TPSA) is 42.7 Å². The number of hydrogen-bond acceptors (Lipinski definition) is 4. The molecule has 0 fully saturated rings. The van der Waals surface area contributed by atoms with Crippen LogP contribution in [0.5, 0.6) is 0 Å². The van der Waals surface area contributed by atoms with Crippen molar-refractivity contribution in [2.75, 3.05) is 5.32 Å². The molecule has 0 aliphatic carbocycles. The molecule has 6 heteroatoms. The van der Waals surface area contributed by atoms with Crippen LogP contribution in [-0.4, -0.2) is 15.0 Å². The van der Waals surface area contributed by atoms with Gasteiger partial charge in [0.25, 0.3) is 0 Å². The van der Waals surface area contributed by atoms with E-state index in [4.69, 9.17) is 0 Å². The highest BCUT2D eigenvalue weighted by molar-refractivity contribution is 9.10. The Morgan fingerprint density at radius 2 is 2.20 bits per heavy atom. The van der Waals surface area contributed by atoms with Gasteiger partial charge in [0.15, 0.2) is 0 Å². The van der Waals surface area contributed by atoms with Gasteiger partial charge in [0, 0.05) is 14.7 Å². The third kappa shape index (κ3) is 2.76. The molecule has 0 aliphatic heterocycles. The van der Waals surface area contributed by atoms with Crippen LogP contribution in [0.15, 0.2) is 52.6 Å². The van der Waals surface area contributed by atoms with E-state index in [0.29, 0.717) is 0 Å². The summed E-state index contributed by atoms with van der Waals surface area (Å²) in [5, 5.41) is 13.5. The number of para-hydroxylation sites is 2. The number of rotatable bonds is 4. The van der Waals surface area contributed by atoms with Gasteiger partial charge in [0.05, 0.1) is 29.8 Å². The zero-order valence-corrected chi connectivity index (χ0v) is 13.2. The maximum Gasteiger partial charge on any atom is 0.0894 e. The summed E-state index contributed by atoms with van der Waals surface area (Å²) in [6.07, 6.45) is 3.52. The van der Waals surface area contributed by atoms with Crippen LogP contribution in [0.2, 0.25) is 0 Å². The van der Waals surface area contributed by atoms with E-state index in [-0.39, 0.29) is 6.04 Å². The molecule has 0 saturated heterocycles. The van der Waals surface area contributed by atoms with E-state index in [1.807, 2.05) is 24.4 Å². The predicted octanol–water partition coefficient (Wildman–Crippen LogP) is 4.26. The minimum Gasteiger partial charge on any atom is -0.376 e. The highest BCUT2D eigenvalue weighted by Crippen LogP contribution is 2.29. The zero-order valence-electron chi connectivity index (χ0n) is 10.8. The maximum atomic E-state index is 4.05. The van der Waals surface area contributed by atoms with Gasteiger partial charge in [-0.05, 0) is 41.1 Å². The molecule has 20 heavy (non-hydrogen) atoms. The summed E-state index contributed by atoms with van der Waals surface area (Å²) < 4.78 is 2.88. The summed E-state index contributed by atoms with van der Waals surface area (Å²) in [6.45, 7) is 2.15. The van der Waals surface area contributed by atoms with Crippen molar-refractivity contribution in [2.45, 2.75) is 13.0 Å². The normalized spacial score (nSPS) is 12.3. The third-order valence-corrected chi connectivity index (χ3v) is 4.84. The lowest BCUT2D eigenvalue weighted by atomic mass is 10.2. The van der Waals surface area contributed by atoms with Gasteiger partial charge in [-0.25, -0.2) is 4.68 Å². The van der Waals surface area contributed by atoms with Crippen molar-refractivity contribution in [1.29, 1.82) is 0 Å². The van der Waals surface area contributed by atoms with Crippen molar-refractivity contribution in [3.8, 4) is 5.69 Å². The third-order valence-electron chi connectivity index (χ3n) is 2.96. The molecule has 2 heterocycles. The van der Waals surface area contributed by atoms with Crippen LogP contribution in [0.4, 0.5) is 5.69 Å². The van der Waals surface area contributed by atoms with Gasteiger partial charge in [-0.3, -0.25) is 0 Å². The van der Waals surface area contributed by atoms with E-state index in [1.54, 1.807) is 22.2 Å². The molecule has 4 nitrogen and oxygen atoms in total. The lowest BCUT2D eigenvalue weighted by molar-refractivity contribution is 0.799. The Hall–Kier alpha value is -1.66. The van der Waals surface area contributed by atoms with Gasteiger partial charge in [0.2, 0.25) is 0 Å². The molecule has 1 unspecified atom stereocenters. The van der Waals surface area contributed by atoms with Crippen molar-refractivity contribution in [3.05, 3.63) is 57.5 Å². The molecule has 0 saturated carbocycles. The number of benzene rings is 1. The molecule has 1 aromatic carbocycles. The Kier molecular flexibility index (Phi) is 3.84. The first-order valence-electron chi connectivity index (χ1n) is 6.20. The van der Waals surface area contributed by atoms with Crippen molar-refractivity contribution in [3.63, 3.8) is 0 Å². The van der Waals surface area contributed by atoms with E-state index < -0.39 is 0 Å². The predicted molar refractivity (Wildman–Crippen MR) is 85.4 cm³/mol. The number of anilines is 1. The molecule has 0 amide bonds. The van der Waals surface area contributed by atoms with Crippen LogP contribution in [0.25, 0.3) is 5.69 Å². The minimum absolute atomic E-state index is 0.232. The monoisotopic (exact) mass is 348 g/mol. The van der Waals surface area contributed by atoms with E-state index in [2.05, 4.69) is 56.0 Å². The molecule has 1 atom stereocenters. The number of hydrogen-bond donors (Lipinski definition) is 1. The standard InChI is InChI=1S/C14H13BrN4S/c1-10(14-8-11(15)9-20-14)17-12-4-2-3-5-13(12)19-7-6-16-18-19/h2-10,17H,1H3. The summed E-state index contributed by atoms with van der Waals surface area (Å²) in [4.78, 5) is 1.28. The van der Waals surface area contributed by atoms with Gasteiger partial charge < -0.3 is 5.32 Å². The average Bonchev–Trinajstić information content (AvgIpc) is 3.10.